The fraction of sp³-hybridized carbons (Fsp3) is 0.350. The Kier molecular flexibility index (Phi) is 5.27. The van der Waals surface area contributed by atoms with E-state index in [1.54, 1.807) is 18.5 Å². The van der Waals surface area contributed by atoms with Gasteiger partial charge in [0.15, 0.2) is 0 Å². The van der Waals surface area contributed by atoms with Crippen molar-refractivity contribution in [2.75, 3.05) is 31.1 Å². The molecule has 1 aromatic carbocycles. The van der Waals surface area contributed by atoms with Crippen LogP contribution in [0.2, 0.25) is 0 Å². The minimum atomic E-state index is 0.101. The second-order valence-corrected chi connectivity index (χ2v) is 6.78. The highest BCUT2D eigenvalue weighted by Gasteiger charge is 2.22. The molecule has 1 saturated heterocycles. The SMILES string of the molecule is Cc1ccc(-c2nnc(CCC(=O)N3CCN(c4ncccn4)CC3)o2)cc1. The summed E-state index contributed by atoms with van der Waals surface area (Å²) in [6, 6.07) is 9.71. The van der Waals surface area contributed by atoms with Crippen LogP contribution in [0.1, 0.15) is 17.9 Å². The lowest BCUT2D eigenvalue weighted by Crippen LogP contribution is -2.49. The summed E-state index contributed by atoms with van der Waals surface area (Å²) in [4.78, 5) is 25.0. The first-order chi connectivity index (χ1) is 13.7. The highest BCUT2D eigenvalue weighted by Crippen LogP contribution is 2.19. The molecule has 1 aliphatic heterocycles. The number of carbonyl (C=O) groups excluding carboxylic acids is 1. The summed E-state index contributed by atoms with van der Waals surface area (Å²) in [6.07, 6.45) is 4.27. The summed E-state index contributed by atoms with van der Waals surface area (Å²) in [6.45, 7) is 4.81. The highest BCUT2D eigenvalue weighted by molar-refractivity contribution is 5.76. The Bertz CT molecular complexity index is 917. The van der Waals surface area contributed by atoms with Gasteiger partial charge in [0.25, 0.3) is 0 Å². The monoisotopic (exact) mass is 378 g/mol. The first-order valence-corrected chi connectivity index (χ1v) is 9.38. The normalized spacial score (nSPS) is 14.3. The Balaban J connectivity index is 1.28. The van der Waals surface area contributed by atoms with Crippen molar-refractivity contribution in [3.63, 3.8) is 0 Å². The molecule has 2 aromatic heterocycles. The van der Waals surface area contributed by atoms with E-state index < -0.39 is 0 Å². The smallest absolute Gasteiger partial charge is 0.247 e. The molecule has 1 fully saturated rings. The van der Waals surface area contributed by atoms with Crippen molar-refractivity contribution in [3.05, 3.63) is 54.2 Å². The average molecular weight is 378 g/mol. The van der Waals surface area contributed by atoms with Gasteiger partial charge in [0.1, 0.15) is 0 Å². The van der Waals surface area contributed by atoms with Crippen LogP contribution in [0.5, 0.6) is 0 Å². The van der Waals surface area contributed by atoms with E-state index in [0.29, 0.717) is 43.7 Å². The molecule has 0 unspecified atom stereocenters. The van der Waals surface area contributed by atoms with Crippen molar-refractivity contribution in [1.82, 2.24) is 25.1 Å². The van der Waals surface area contributed by atoms with Crippen LogP contribution in [0.4, 0.5) is 5.95 Å². The van der Waals surface area contributed by atoms with Crippen molar-refractivity contribution in [1.29, 1.82) is 0 Å². The molecule has 0 N–H and O–H groups in total. The Morgan fingerprint density at radius 3 is 2.46 bits per heavy atom. The highest BCUT2D eigenvalue weighted by atomic mass is 16.4. The summed E-state index contributed by atoms with van der Waals surface area (Å²) < 4.78 is 5.70. The van der Waals surface area contributed by atoms with Gasteiger partial charge >= 0.3 is 0 Å². The van der Waals surface area contributed by atoms with Gasteiger partial charge in [-0.3, -0.25) is 4.79 Å². The third-order valence-corrected chi connectivity index (χ3v) is 4.79. The zero-order chi connectivity index (χ0) is 19.3. The number of benzene rings is 1. The molecule has 0 atom stereocenters. The van der Waals surface area contributed by atoms with Gasteiger partial charge in [-0.05, 0) is 25.1 Å². The Morgan fingerprint density at radius 2 is 1.75 bits per heavy atom. The topological polar surface area (TPSA) is 88.3 Å². The molecule has 3 heterocycles. The molecule has 0 radical (unpaired) electrons. The molecular weight excluding hydrogens is 356 g/mol. The lowest BCUT2D eigenvalue weighted by atomic mass is 10.1. The summed E-state index contributed by atoms with van der Waals surface area (Å²) in [5, 5.41) is 8.16. The maximum absolute atomic E-state index is 12.5. The Morgan fingerprint density at radius 1 is 1.04 bits per heavy atom. The molecule has 0 bridgehead atoms. The van der Waals surface area contributed by atoms with Crippen molar-refractivity contribution in [2.24, 2.45) is 0 Å². The van der Waals surface area contributed by atoms with E-state index in [4.69, 9.17) is 4.42 Å². The van der Waals surface area contributed by atoms with Crippen molar-refractivity contribution in [2.45, 2.75) is 19.8 Å². The van der Waals surface area contributed by atoms with Gasteiger partial charge in [0.2, 0.25) is 23.6 Å². The number of nitrogens with zero attached hydrogens (tertiary/aromatic N) is 6. The first-order valence-electron chi connectivity index (χ1n) is 9.38. The van der Waals surface area contributed by atoms with Crippen molar-refractivity contribution in [3.8, 4) is 11.5 Å². The summed E-state index contributed by atoms with van der Waals surface area (Å²) in [5.41, 5.74) is 2.06. The number of hydrogen-bond acceptors (Lipinski definition) is 7. The summed E-state index contributed by atoms with van der Waals surface area (Å²) in [5.74, 6) is 1.78. The first kappa shape index (κ1) is 18.1. The molecule has 4 rings (SSSR count). The van der Waals surface area contributed by atoms with Gasteiger partial charge in [-0.2, -0.15) is 0 Å². The van der Waals surface area contributed by atoms with Crippen molar-refractivity contribution >= 4 is 11.9 Å². The van der Waals surface area contributed by atoms with Crippen LogP contribution >= 0.6 is 0 Å². The fourth-order valence-electron chi connectivity index (χ4n) is 3.15. The van der Waals surface area contributed by atoms with Crippen LogP contribution in [0.25, 0.3) is 11.5 Å². The van der Waals surface area contributed by atoms with Crippen LogP contribution in [0, 0.1) is 6.92 Å². The molecule has 28 heavy (non-hydrogen) atoms. The van der Waals surface area contributed by atoms with E-state index in [0.717, 1.165) is 18.7 Å². The molecule has 0 saturated carbocycles. The fourth-order valence-corrected chi connectivity index (χ4v) is 3.15. The quantitative estimate of drug-likeness (QED) is 0.672. The van der Waals surface area contributed by atoms with E-state index in [2.05, 4.69) is 25.1 Å². The van der Waals surface area contributed by atoms with Crippen LogP contribution in [0.15, 0.2) is 47.1 Å². The minimum absolute atomic E-state index is 0.101. The van der Waals surface area contributed by atoms with E-state index in [9.17, 15) is 4.79 Å². The summed E-state index contributed by atoms with van der Waals surface area (Å²) in [7, 11) is 0. The van der Waals surface area contributed by atoms with Crippen molar-refractivity contribution < 1.29 is 9.21 Å². The lowest BCUT2D eigenvalue weighted by Gasteiger charge is -2.34. The molecule has 8 heteroatoms. The van der Waals surface area contributed by atoms with Gasteiger partial charge < -0.3 is 14.2 Å². The van der Waals surface area contributed by atoms with E-state index in [1.165, 1.54) is 5.56 Å². The number of hydrogen-bond donors (Lipinski definition) is 0. The third kappa shape index (κ3) is 4.16. The van der Waals surface area contributed by atoms with Gasteiger partial charge in [-0.15, -0.1) is 10.2 Å². The van der Waals surface area contributed by atoms with E-state index in [1.807, 2.05) is 36.1 Å². The van der Waals surface area contributed by atoms with Gasteiger partial charge in [-0.25, -0.2) is 9.97 Å². The van der Waals surface area contributed by atoms with Crippen LogP contribution in [0.3, 0.4) is 0 Å². The Labute approximate surface area is 163 Å². The maximum Gasteiger partial charge on any atom is 0.247 e. The second kappa shape index (κ2) is 8.16. The lowest BCUT2D eigenvalue weighted by molar-refractivity contribution is -0.131. The third-order valence-electron chi connectivity index (χ3n) is 4.79. The molecule has 3 aromatic rings. The van der Waals surface area contributed by atoms with Gasteiger partial charge in [-0.1, -0.05) is 17.7 Å². The molecule has 1 amide bonds. The number of piperazine rings is 1. The molecule has 0 aliphatic carbocycles. The Hall–Kier alpha value is -3.29. The number of rotatable bonds is 5. The standard InChI is InChI=1S/C20H22N6O2/c1-15-3-5-16(6-4-15)19-24-23-17(28-19)7-8-18(27)25-11-13-26(14-12-25)20-21-9-2-10-22-20/h2-6,9-10H,7-8,11-14H2,1H3. The number of amides is 1. The molecular formula is C20H22N6O2. The summed E-state index contributed by atoms with van der Waals surface area (Å²) >= 11 is 0. The predicted octanol–water partition coefficient (Wildman–Crippen LogP) is 2.12. The number of anilines is 1. The van der Waals surface area contributed by atoms with Crippen LogP contribution < -0.4 is 4.90 Å². The number of aromatic nitrogens is 4. The molecule has 8 nitrogen and oxygen atoms in total. The average Bonchev–Trinajstić information content (AvgIpc) is 3.22. The number of carbonyl (C=O) groups is 1. The van der Waals surface area contributed by atoms with Crippen LogP contribution in [-0.2, 0) is 11.2 Å². The number of aryl methyl sites for hydroxylation is 2. The zero-order valence-corrected chi connectivity index (χ0v) is 15.8. The maximum atomic E-state index is 12.5. The van der Waals surface area contributed by atoms with Gasteiger partial charge in [0.05, 0.1) is 0 Å². The largest absolute Gasteiger partial charge is 0.421 e. The molecule has 1 aliphatic rings. The second-order valence-electron chi connectivity index (χ2n) is 6.78. The van der Waals surface area contributed by atoms with E-state index in [-0.39, 0.29) is 5.91 Å². The minimum Gasteiger partial charge on any atom is -0.421 e. The van der Waals surface area contributed by atoms with E-state index >= 15 is 0 Å². The van der Waals surface area contributed by atoms with Crippen LogP contribution in [-0.4, -0.2) is 57.2 Å². The zero-order valence-electron chi connectivity index (χ0n) is 15.8. The predicted molar refractivity (Wildman–Crippen MR) is 104 cm³/mol. The van der Waals surface area contributed by atoms with Gasteiger partial charge in [0, 0.05) is 57.0 Å². The molecule has 0 spiro atoms. The molecule has 144 valence electrons.